The van der Waals surface area contributed by atoms with Gasteiger partial charge in [-0.1, -0.05) is 6.08 Å². The molecular formula is C12H14N4O4. The van der Waals surface area contributed by atoms with Crippen molar-refractivity contribution >= 4 is 17.0 Å². The van der Waals surface area contributed by atoms with Gasteiger partial charge in [0.15, 0.2) is 0 Å². The summed E-state index contributed by atoms with van der Waals surface area (Å²) in [6.07, 6.45) is 0.897. The number of hydrogen-bond donors (Lipinski definition) is 5. The maximum Gasteiger partial charge on any atom is 0.261 e. The van der Waals surface area contributed by atoms with Gasteiger partial charge in [0.2, 0.25) is 5.95 Å². The first kappa shape index (κ1) is 12.9. The Kier molecular flexibility index (Phi) is 2.85. The average molecular weight is 278 g/mol. The SMILES string of the molecule is Nc1nc2c(ccn2[C@@H]2C=C(CO)C(O)C2O)c(=O)[nH]1. The lowest BCUT2D eigenvalue weighted by molar-refractivity contribution is 0.0288. The number of H-pyrrole nitrogens is 1. The van der Waals surface area contributed by atoms with Crippen LogP contribution >= 0.6 is 0 Å². The van der Waals surface area contributed by atoms with E-state index in [2.05, 4.69) is 9.97 Å². The first-order valence-electron chi connectivity index (χ1n) is 6.07. The van der Waals surface area contributed by atoms with Gasteiger partial charge in [-0.05, 0) is 11.6 Å². The highest BCUT2D eigenvalue weighted by Gasteiger charge is 2.35. The van der Waals surface area contributed by atoms with E-state index in [9.17, 15) is 15.0 Å². The van der Waals surface area contributed by atoms with Crippen molar-refractivity contribution in [2.45, 2.75) is 18.2 Å². The van der Waals surface area contributed by atoms with E-state index in [4.69, 9.17) is 10.8 Å². The van der Waals surface area contributed by atoms with Gasteiger partial charge in [0.1, 0.15) is 17.9 Å². The van der Waals surface area contributed by atoms with Crippen LogP contribution in [0.2, 0.25) is 0 Å². The van der Waals surface area contributed by atoms with E-state index in [1.54, 1.807) is 22.9 Å². The maximum atomic E-state index is 11.7. The van der Waals surface area contributed by atoms with Crippen molar-refractivity contribution in [2.75, 3.05) is 12.3 Å². The third-order valence-corrected chi connectivity index (χ3v) is 3.54. The number of aromatic amines is 1. The second-order valence-electron chi connectivity index (χ2n) is 4.74. The highest BCUT2D eigenvalue weighted by atomic mass is 16.3. The number of nitrogens with two attached hydrogens (primary N) is 1. The molecule has 0 saturated carbocycles. The van der Waals surface area contributed by atoms with Crippen molar-refractivity contribution in [3.63, 3.8) is 0 Å². The fourth-order valence-corrected chi connectivity index (χ4v) is 2.51. The van der Waals surface area contributed by atoms with Crippen molar-refractivity contribution in [1.29, 1.82) is 0 Å². The van der Waals surface area contributed by atoms with Crippen LogP contribution in [0.1, 0.15) is 6.04 Å². The molecule has 0 radical (unpaired) electrons. The first-order valence-corrected chi connectivity index (χ1v) is 6.07. The molecule has 0 bridgehead atoms. The summed E-state index contributed by atoms with van der Waals surface area (Å²) in [6, 6.07) is 0.947. The summed E-state index contributed by atoms with van der Waals surface area (Å²) >= 11 is 0. The van der Waals surface area contributed by atoms with Gasteiger partial charge in [0, 0.05) is 6.20 Å². The third kappa shape index (κ3) is 1.73. The van der Waals surface area contributed by atoms with Gasteiger partial charge in [-0.25, -0.2) is 0 Å². The number of rotatable bonds is 2. The Labute approximate surface area is 112 Å². The summed E-state index contributed by atoms with van der Waals surface area (Å²) in [5, 5.41) is 29.3. The van der Waals surface area contributed by atoms with Crippen LogP contribution in [-0.2, 0) is 0 Å². The van der Waals surface area contributed by atoms with Gasteiger partial charge in [0.25, 0.3) is 5.56 Å². The van der Waals surface area contributed by atoms with Gasteiger partial charge >= 0.3 is 0 Å². The Bertz CT molecular complexity index is 747. The molecule has 8 heteroatoms. The van der Waals surface area contributed by atoms with Crippen molar-refractivity contribution in [3.8, 4) is 0 Å². The molecule has 0 spiro atoms. The Morgan fingerprint density at radius 2 is 2.20 bits per heavy atom. The summed E-state index contributed by atoms with van der Waals surface area (Å²) in [4.78, 5) is 18.2. The van der Waals surface area contributed by atoms with Crippen LogP contribution in [-0.4, -0.2) is 48.7 Å². The number of anilines is 1. The molecule has 0 aliphatic heterocycles. The maximum absolute atomic E-state index is 11.7. The Hall–Kier alpha value is -2.16. The molecule has 20 heavy (non-hydrogen) atoms. The second kappa shape index (κ2) is 4.44. The minimum Gasteiger partial charge on any atom is -0.392 e. The van der Waals surface area contributed by atoms with Crippen LogP contribution < -0.4 is 11.3 Å². The fraction of sp³-hybridized carbons (Fsp3) is 0.333. The zero-order valence-corrected chi connectivity index (χ0v) is 10.4. The lowest BCUT2D eigenvalue weighted by Crippen LogP contribution is -2.30. The standard InChI is InChI=1S/C12H14N4O4/c13-12-14-10-6(11(20)15-12)1-2-16(10)7-3-5(4-17)8(18)9(7)19/h1-3,7-9,17-19H,4H2,(H3,13,14,15,20)/t7-,8?,9?/m1/s1. The molecule has 0 amide bonds. The summed E-state index contributed by atoms with van der Waals surface area (Å²) in [6.45, 7) is -0.343. The van der Waals surface area contributed by atoms with Crippen LogP contribution in [0, 0.1) is 0 Å². The number of hydrogen-bond acceptors (Lipinski definition) is 6. The van der Waals surface area contributed by atoms with Crippen molar-refractivity contribution in [1.82, 2.24) is 14.5 Å². The van der Waals surface area contributed by atoms with Crippen LogP contribution in [0.5, 0.6) is 0 Å². The topological polar surface area (TPSA) is 137 Å². The van der Waals surface area contributed by atoms with Crippen LogP contribution in [0.4, 0.5) is 5.95 Å². The minimum atomic E-state index is -1.14. The predicted molar refractivity (Wildman–Crippen MR) is 71.0 cm³/mol. The zero-order valence-electron chi connectivity index (χ0n) is 10.4. The van der Waals surface area contributed by atoms with E-state index in [0.717, 1.165) is 0 Å². The number of aromatic nitrogens is 3. The average Bonchev–Trinajstić information content (AvgIpc) is 2.93. The lowest BCUT2D eigenvalue weighted by atomic mass is 10.1. The number of nitrogen functional groups attached to an aromatic ring is 1. The Morgan fingerprint density at radius 1 is 1.45 bits per heavy atom. The van der Waals surface area contributed by atoms with E-state index in [0.29, 0.717) is 16.6 Å². The minimum absolute atomic E-state index is 0.0261. The van der Waals surface area contributed by atoms with Crippen molar-refractivity contribution < 1.29 is 15.3 Å². The monoisotopic (exact) mass is 278 g/mol. The molecule has 1 aliphatic carbocycles. The lowest BCUT2D eigenvalue weighted by Gasteiger charge is -2.19. The third-order valence-electron chi connectivity index (χ3n) is 3.54. The van der Waals surface area contributed by atoms with Crippen molar-refractivity contribution in [3.05, 3.63) is 34.3 Å². The molecular weight excluding hydrogens is 264 g/mol. The molecule has 2 aromatic rings. The molecule has 3 atom stereocenters. The molecule has 0 fully saturated rings. The smallest absolute Gasteiger partial charge is 0.261 e. The molecule has 3 rings (SSSR count). The van der Waals surface area contributed by atoms with Gasteiger partial charge in [-0.2, -0.15) is 4.98 Å². The molecule has 6 N–H and O–H groups in total. The van der Waals surface area contributed by atoms with E-state index >= 15 is 0 Å². The van der Waals surface area contributed by atoms with Crippen LogP contribution in [0.15, 0.2) is 28.7 Å². The number of aliphatic hydroxyl groups is 3. The number of nitrogens with zero attached hydrogens (tertiary/aromatic N) is 2. The normalized spacial score (nSPS) is 26.1. The largest absolute Gasteiger partial charge is 0.392 e. The van der Waals surface area contributed by atoms with Gasteiger partial charge in [0.05, 0.1) is 18.0 Å². The first-order chi connectivity index (χ1) is 9.52. The number of aliphatic hydroxyl groups excluding tert-OH is 3. The fourth-order valence-electron chi connectivity index (χ4n) is 2.51. The summed E-state index contributed by atoms with van der Waals surface area (Å²) < 4.78 is 1.55. The van der Waals surface area contributed by atoms with E-state index in [-0.39, 0.29) is 18.1 Å². The predicted octanol–water partition coefficient (Wildman–Crippen LogP) is -1.50. The van der Waals surface area contributed by atoms with Gasteiger partial charge < -0.3 is 25.6 Å². The molecule has 2 heterocycles. The molecule has 2 unspecified atom stereocenters. The summed E-state index contributed by atoms with van der Waals surface area (Å²) in [5.74, 6) is -0.0261. The molecule has 0 aromatic carbocycles. The molecule has 2 aromatic heterocycles. The van der Waals surface area contributed by atoms with Gasteiger partial charge in [-0.15, -0.1) is 0 Å². The quantitative estimate of drug-likeness (QED) is 0.424. The Balaban J connectivity index is 2.16. The molecule has 106 valence electrons. The highest BCUT2D eigenvalue weighted by molar-refractivity contribution is 5.76. The number of fused-ring (bicyclic) bond motifs is 1. The van der Waals surface area contributed by atoms with Crippen LogP contribution in [0.25, 0.3) is 11.0 Å². The van der Waals surface area contributed by atoms with Gasteiger partial charge in [-0.3, -0.25) is 9.78 Å². The second-order valence-corrected chi connectivity index (χ2v) is 4.74. The molecule has 0 saturated heterocycles. The summed E-state index contributed by atoms with van der Waals surface area (Å²) in [7, 11) is 0. The van der Waals surface area contributed by atoms with E-state index < -0.39 is 18.2 Å². The van der Waals surface area contributed by atoms with E-state index in [1.807, 2.05) is 0 Å². The van der Waals surface area contributed by atoms with Crippen molar-refractivity contribution in [2.24, 2.45) is 0 Å². The highest BCUT2D eigenvalue weighted by Crippen LogP contribution is 2.31. The summed E-state index contributed by atoms with van der Waals surface area (Å²) in [5.41, 5.74) is 5.80. The van der Waals surface area contributed by atoms with Crippen LogP contribution in [0.3, 0.4) is 0 Å². The number of nitrogens with one attached hydrogen (secondary N) is 1. The molecule has 8 nitrogen and oxygen atoms in total. The van der Waals surface area contributed by atoms with E-state index in [1.165, 1.54) is 0 Å². The Morgan fingerprint density at radius 3 is 2.85 bits per heavy atom. The molecule has 1 aliphatic rings. The zero-order chi connectivity index (χ0) is 14.4.